The average Bonchev–Trinajstić information content (AvgIpc) is 3.17. The molecule has 0 radical (unpaired) electrons. The van der Waals surface area contributed by atoms with Gasteiger partial charge in [0.25, 0.3) is 5.91 Å². The minimum atomic E-state index is -0.667. The first-order valence-corrected chi connectivity index (χ1v) is 9.83. The highest BCUT2D eigenvalue weighted by atomic mass is 79.9. The third-order valence-corrected chi connectivity index (χ3v) is 5.76. The Labute approximate surface area is 162 Å². The monoisotopic (exact) mass is 421 g/mol. The molecule has 1 aromatic rings. The molecule has 0 atom stereocenters. The van der Waals surface area contributed by atoms with E-state index in [1.807, 2.05) is 24.3 Å². The second kappa shape index (κ2) is 7.78. The number of hydrogen-bond acceptors (Lipinski definition) is 3. The third kappa shape index (κ3) is 3.92. The van der Waals surface area contributed by atoms with Crippen LogP contribution in [0.3, 0.4) is 0 Å². The van der Waals surface area contributed by atoms with E-state index in [-0.39, 0.29) is 17.8 Å². The van der Waals surface area contributed by atoms with Crippen molar-refractivity contribution < 1.29 is 14.4 Å². The fourth-order valence-corrected chi connectivity index (χ4v) is 3.99. The van der Waals surface area contributed by atoms with Gasteiger partial charge in [-0.1, -0.05) is 40.9 Å². The number of carbonyl (C=O) groups is 3. The van der Waals surface area contributed by atoms with Gasteiger partial charge in [-0.15, -0.1) is 0 Å². The van der Waals surface area contributed by atoms with Gasteiger partial charge in [-0.25, -0.2) is 4.79 Å². The number of amides is 4. The molecule has 1 aliphatic carbocycles. The van der Waals surface area contributed by atoms with Crippen molar-refractivity contribution in [1.29, 1.82) is 0 Å². The zero-order valence-electron chi connectivity index (χ0n) is 15.0. The van der Waals surface area contributed by atoms with E-state index in [4.69, 9.17) is 0 Å². The lowest BCUT2D eigenvalue weighted by Crippen LogP contribution is -2.44. The summed E-state index contributed by atoms with van der Waals surface area (Å²) in [5.74, 6) is -0.105. The van der Waals surface area contributed by atoms with E-state index in [1.165, 1.54) is 4.90 Å². The fourth-order valence-electron chi connectivity index (χ4n) is 3.73. The van der Waals surface area contributed by atoms with Gasteiger partial charge in [0.1, 0.15) is 5.54 Å². The molecular weight excluding hydrogens is 398 g/mol. The standard InChI is InChI=1S/C19H24BrN3O3/c1-22(13-14-6-8-15(20)9-7-14)16(24)5-4-12-23-17(25)19(21-18(23)26)10-2-3-11-19/h6-9H,2-5,10-13H2,1H3,(H,21,26). The first kappa shape index (κ1) is 18.9. The molecule has 140 valence electrons. The number of hydrogen-bond donors (Lipinski definition) is 1. The molecule has 1 heterocycles. The van der Waals surface area contributed by atoms with E-state index < -0.39 is 5.54 Å². The third-order valence-electron chi connectivity index (χ3n) is 5.23. The lowest BCUT2D eigenvalue weighted by molar-refractivity contribution is -0.133. The number of urea groups is 1. The fraction of sp³-hybridized carbons (Fsp3) is 0.526. The van der Waals surface area contributed by atoms with Gasteiger partial charge in [0, 0.05) is 31.0 Å². The van der Waals surface area contributed by atoms with E-state index in [0.717, 1.165) is 35.7 Å². The summed E-state index contributed by atoms with van der Waals surface area (Å²) < 4.78 is 1.00. The molecule has 0 aromatic heterocycles. The Morgan fingerprint density at radius 3 is 2.54 bits per heavy atom. The molecule has 1 N–H and O–H groups in total. The number of halogens is 1. The van der Waals surface area contributed by atoms with Crippen molar-refractivity contribution in [3.8, 4) is 0 Å². The number of benzene rings is 1. The van der Waals surface area contributed by atoms with Crippen molar-refractivity contribution in [2.45, 2.75) is 50.6 Å². The zero-order valence-corrected chi connectivity index (χ0v) is 16.5. The van der Waals surface area contributed by atoms with Crippen molar-refractivity contribution in [3.63, 3.8) is 0 Å². The maximum Gasteiger partial charge on any atom is 0.325 e. The predicted octanol–water partition coefficient (Wildman–Crippen LogP) is 3.05. The molecule has 0 bridgehead atoms. The number of rotatable bonds is 6. The Hall–Kier alpha value is -1.89. The van der Waals surface area contributed by atoms with Crippen LogP contribution in [0, 0.1) is 0 Å². The average molecular weight is 422 g/mol. The van der Waals surface area contributed by atoms with Crippen LogP contribution < -0.4 is 5.32 Å². The van der Waals surface area contributed by atoms with Gasteiger partial charge in [-0.05, 0) is 37.0 Å². The van der Waals surface area contributed by atoms with Crippen LogP contribution >= 0.6 is 15.9 Å². The highest BCUT2D eigenvalue weighted by Crippen LogP contribution is 2.35. The smallest absolute Gasteiger partial charge is 0.325 e. The molecular formula is C19H24BrN3O3. The minimum absolute atomic E-state index is 0.00977. The minimum Gasteiger partial charge on any atom is -0.341 e. The van der Waals surface area contributed by atoms with Crippen LogP contribution in [0.15, 0.2) is 28.7 Å². The molecule has 1 saturated heterocycles. The number of imide groups is 1. The van der Waals surface area contributed by atoms with Gasteiger partial charge in [0.05, 0.1) is 0 Å². The maximum absolute atomic E-state index is 12.6. The summed E-state index contributed by atoms with van der Waals surface area (Å²) in [6.45, 7) is 0.836. The van der Waals surface area contributed by atoms with E-state index in [2.05, 4.69) is 21.2 Å². The molecule has 1 saturated carbocycles. The first-order chi connectivity index (χ1) is 12.4. The van der Waals surface area contributed by atoms with Crippen LogP contribution in [-0.4, -0.2) is 46.8 Å². The molecule has 1 aliphatic heterocycles. The van der Waals surface area contributed by atoms with Crippen LogP contribution in [0.25, 0.3) is 0 Å². The molecule has 2 fully saturated rings. The summed E-state index contributed by atoms with van der Waals surface area (Å²) in [5, 5.41) is 2.87. The van der Waals surface area contributed by atoms with Gasteiger partial charge in [0.15, 0.2) is 0 Å². The Balaban J connectivity index is 1.46. The van der Waals surface area contributed by atoms with Gasteiger partial charge < -0.3 is 10.2 Å². The molecule has 4 amide bonds. The van der Waals surface area contributed by atoms with E-state index in [0.29, 0.717) is 25.9 Å². The summed E-state index contributed by atoms with van der Waals surface area (Å²) in [7, 11) is 1.77. The lowest BCUT2D eigenvalue weighted by Gasteiger charge is -2.20. The van der Waals surface area contributed by atoms with Gasteiger partial charge in [-0.2, -0.15) is 0 Å². The predicted molar refractivity (Wildman–Crippen MR) is 101 cm³/mol. The Kier molecular flexibility index (Phi) is 5.65. The van der Waals surface area contributed by atoms with Gasteiger partial charge >= 0.3 is 6.03 Å². The Morgan fingerprint density at radius 2 is 1.88 bits per heavy atom. The molecule has 3 rings (SSSR count). The Morgan fingerprint density at radius 1 is 1.23 bits per heavy atom. The van der Waals surface area contributed by atoms with Crippen molar-refractivity contribution in [3.05, 3.63) is 34.3 Å². The number of carbonyl (C=O) groups excluding carboxylic acids is 3. The van der Waals surface area contributed by atoms with Gasteiger partial charge in [0.2, 0.25) is 5.91 Å². The first-order valence-electron chi connectivity index (χ1n) is 9.04. The second-order valence-electron chi connectivity index (χ2n) is 7.16. The SMILES string of the molecule is CN(Cc1ccc(Br)cc1)C(=O)CCCN1C(=O)NC2(CCCC2)C1=O. The molecule has 0 unspecified atom stereocenters. The van der Waals surface area contributed by atoms with Crippen LogP contribution in [0.1, 0.15) is 44.1 Å². The molecule has 1 aromatic carbocycles. The lowest BCUT2D eigenvalue weighted by atomic mass is 9.98. The molecule has 7 heteroatoms. The van der Waals surface area contributed by atoms with E-state index >= 15 is 0 Å². The Bertz CT molecular complexity index is 698. The van der Waals surface area contributed by atoms with Crippen molar-refractivity contribution in [2.24, 2.45) is 0 Å². The molecule has 2 aliphatic rings. The second-order valence-corrected chi connectivity index (χ2v) is 8.07. The van der Waals surface area contributed by atoms with Gasteiger partial charge in [-0.3, -0.25) is 14.5 Å². The normalized spacial score (nSPS) is 18.5. The summed E-state index contributed by atoms with van der Waals surface area (Å²) in [4.78, 5) is 40.0. The highest BCUT2D eigenvalue weighted by Gasteiger charge is 2.52. The summed E-state index contributed by atoms with van der Waals surface area (Å²) >= 11 is 3.39. The summed E-state index contributed by atoms with van der Waals surface area (Å²) in [5.41, 5.74) is 0.390. The summed E-state index contributed by atoms with van der Waals surface area (Å²) in [6, 6.07) is 7.53. The van der Waals surface area contributed by atoms with Crippen LogP contribution in [0.4, 0.5) is 4.79 Å². The van der Waals surface area contributed by atoms with E-state index in [9.17, 15) is 14.4 Å². The van der Waals surface area contributed by atoms with Crippen molar-refractivity contribution >= 4 is 33.8 Å². The maximum atomic E-state index is 12.6. The highest BCUT2D eigenvalue weighted by molar-refractivity contribution is 9.10. The number of nitrogens with zero attached hydrogens (tertiary/aromatic N) is 2. The zero-order chi connectivity index (χ0) is 18.7. The molecule has 1 spiro atoms. The van der Waals surface area contributed by atoms with Crippen molar-refractivity contribution in [2.75, 3.05) is 13.6 Å². The van der Waals surface area contributed by atoms with E-state index in [1.54, 1.807) is 11.9 Å². The van der Waals surface area contributed by atoms with Crippen LogP contribution in [0.2, 0.25) is 0 Å². The van der Waals surface area contributed by atoms with Crippen molar-refractivity contribution in [1.82, 2.24) is 15.1 Å². The topological polar surface area (TPSA) is 69.7 Å². The van der Waals surface area contributed by atoms with Crippen LogP contribution in [0.5, 0.6) is 0 Å². The quantitative estimate of drug-likeness (QED) is 0.717. The summed E-state index contributed by atoms with van der Waals surface area (Å²) in [6.07, 6.45) is 4.19. The largest absolute Gasteiger partial charge is 0.341 e. The molecule has 26 heavy (non-hydrogen) atoms. The molecule has 6 nitrogen and oxygen atoms in total. The number of nitrogens with one attached hydrogen (secondary N) is 1. The van der Waals surface area contributed by atoms with Crippen LogP contribution in [-0.2, 0) is 16.1 Å².